The topological polar surface area (TPSA) is 60.2 Å². The molecule has 0 unspecified atom stereocenters. The van der Waals surface area contributed by atoms with E-state index in [0.717, 1.165) is 18.2 Å². The molecule has 0 heterocycles. The summed E-state index contributed by atoms with van der Waals surface area (Å²) in [6, 6.07) is 0. The molecular weight excluding hydrogens is 146 g/mol. The minimum atomic E-state index is -0.561. The van der Waals surface area contributed by atoms with E-state index >= 15 is 0 Å². The lowest BCUT2D eigenvalue weighted by Crippen LogP contribution is -2.05. The molecule has 1 rings (SSSR count). The zero-order valence-corrected chi connectivity index (χ0v) is 5.61. The predicted molar refractivity (Wildman–Crippen MR) is 38.4 cm³/mol. The normalized spacial score (nSPS) is 16.5. The number of nitro groups is 1. The molecule has 0 saturated heterocycles. The quantitative estimate of drug-likeness (QED) is 0.317. The van der Waals surface area contributed by atoms with Crippen molar-refractivity contribution < 1.29 is 9.72 Å². The lowest BCUT2D eigenvalue weighted by molar-refractivity contribution is -0.419. The second kappa shape index (κ2) is 2.49. The molecule has 0 atom stereocenters. The Labute approximate surface area is 62.7 Å². The Morgan fingerprint density at radius 2 is 2.09 bits per heavy atom. The monoisotopic (exact) mass is 151 g/mol. The summed E-state index contributed by atoms with van der Waals surface area (Å²) >= 11 is 0. The fourth-order valence-corrected chi connectivity index (χ4v) is 0.679. The zero-order valence-electron chi connectivity index (χ0n) is 5.61. The highest BCUT2D eigenvalue weighted by Crippen LogP contribution is 2.10. The molecular formula is C7H5NO3. The first kappa shape index (κ1) is 7.40. The summed E-state index contributed by atoms with van der Waals surface area (Å²) in [6.07, 6.45) is 3.46. The maximum Gasteiger partial charge on any atom is 0.270 e. The number of hydrogen-bond acceptors (Lipinski definition) is 3. The van der Waals surface area contributed by atoms with Crippen LogP contribution in [0.1, 0.15) is 0 Å². The summed E-state index contributed by atoms with van der Waals surface area (Å²) in [6.45, 7) is 3.35. The van der Waals surface area contributed by atoms with Crippen LogP contribution in [0.25, 0.3) is 0 Å². The maximum absolute atomic E-state index is 10.7. The van der Waals surface area contributed by atoms with Gasteiger partial charge in [-0.25, -0.2) is 0 Å². The third-order valence-corrected chi connectivity index (χ3v) is 1.25. The second-order valence-electron chi connectivity index (χ2n) is 2.05. The van der Waals surface area contributed by atoms with Crippen LogP contribution in [-0.4, -0.2) is 10.7 Å². The molecule has 0 N–H and O–H groups in total. The minimum absolute atomic E-state index is 0.102. The summed E-state index contributed by atoms with van der Waals surface area (Å²) in [5, 5.41) is 10.1. The van der Waals surface area contributed by atoms with Crippen LogP contribution < -0.4 is 0 Å². The molecule has 4 heteroatoms. The van der Waals surface area contributed by atoms with Crippen molar-refractivity contribution in [2.75, 3.05) is 0 Å². The Kier molecular flexibility index (Phi) is 1.68. The highest BCUT2D eigenvalue weighted by atomic mass is 16.6. The Hall–Kier alpha value is -1.71. The standard InChI is InChI=1S/C7H5NO3/c1-5-4-6(8(10)11)2-3-7(5)9/h2-4H,1H2. The van der Waals surface area contributed by atoms with Gasteiger partial charge in [-0.05, 0) is 6.08 Å². The van der Waals surface area contributed by atoms with Gasteiger partial charge in [0.25, 0.3) is 5.70 Å². The van der Waals surface area contributed by atoms with Crippen molar-refractivity contribution in [3.8, 4) is 0 Å². The summed E-state index contributed by atoms with van der Waals surface area (Å²) in [5.41, 5.74) is 0.0498. The van der Waals surface area contributed by atoms with Gasteiger partial charge in [0.1, 0.15) is 0 Å². The molecule has 0 aromatic carbocycles. The molecule has 0 aliphatic heterocycles. The van der Waals surface area contributed by atoms with Gasteiger partial charge in [0.15, 0.2) is 5.78 Å². The van der Waals surface area contributed by atoms with E-state index in [-0.39, 0.29) is 17.1 Å². The van der Waals surface area contributed by atoms with Crippen LogP contribution in [0, 0.1) is 10.1 Å². The Bertz CT molecular complexity index is 299. The number of rotatable bonds is 1. The molecule has 0 amide bonds. The number of allylic oxidation sites excluding steroid dienone is 4. The fraction of sp³-hybridized carbons (Fsp3) is 0. The van der Waals surface area contributed by atoms with E-state index in [0.29, 0.717) is 0 Å². The molecule has 1 aliphatic rings. The van der Waals surface area contributed by atoms with E-state index in [4.69, 9.17) is 0 Å². The van der Waals surface area contributed by atoms with Crippen molar-refractivity contribution in [3.63, 3.8) is 0 Å². The van der Waals surface area contributed by atoms with E-state index in [2.05, 4.69) is 6.58 Å². The first-order chi connectivity index (χ1) is 5.11. The van der Waals surface area contributed by atoms with Crippen molar-refractivity contribution in [2.24, 2.45) is 0 Å². The molecule has 56 valence electrons. The van der Waals surface area contributed by atoms with Crippen LogP contribution in [-0.2, 0) is 4.79 Å². The van der Waals surface area contributed by atoms with Gasteiger partial charge in [-0.15, -0.1) is 0 Å². The molecule has 0 aromatic rings. The van der Waals surface area contributed by atoms with E-state index in [1.165, 1.54) is 0 Å². The number of hydrogen-bond donors (Lipinski definition) is 0. The molecule has 0 saturated carbocycles. The Balaban J connectivity index is 2.98. The summed E-state index contributed by atoms with van der Waals surface area (Å²) in [5.74, 6) is -0.282. The van der Waals surface area contributed by atoms with Crippen LogP contribution in [0.15, 0.2) is 36.1 Å². The summed E-state index contributed by atoms with van der Waals surface area (Å²) in [7, 11) is 0. The summed E-state index contributed by atoms with van der Waals surface area (Å²) in [4.78, 5) is 20.3. The van der Waals surface area contributed by atoms with Crippen molar-refractivity contribution in [2.45, 2.75) is 0 Å². The molecule has 0 bridgehead atoms. The van der Waals surface area contributed by atoms with Gasteiger partial charge in [0.2, 0.25) is 0 Å². The SMILES string of the molecule is C=C1C=C([N+](=O)[O-])C=CC1=O. The summed E-state index contributed by atoms with van der Waals surface area (Å²) < 4.78 is 0. The second-order valence-corrected chi connectivity index (χ2v) is 2.05. The van der Waals surface area contributed by atoms with Gasteiger partial charge < -0.3 is 0 Å². The molecule has 0 radical (unpaired) electrons. The van der Waals surface area contributed by atoms with Gasteiger partial charge in [0, 0.05) is 17.7 Å². The van der Waals surface area contributed by atoms with Gasteiger partial charge in [-0.3, -0.25) is 14.9 Å². The molecule has 0 aromatic heterocycles. The van der Waals surface area contributed by atoms with Crippen LogP contribution in [0.2, 0.25) is 0 Å². The Morgan fingerprint density at radius 3 is 2.55 bits per heavy atom. The van der Waals surface area contributed by atoms with Crippen molar-refractivity contribution in [1.82, 2.24) is 0 Å². The van der Waals surface area contributed by atoms with E-state index in [1.54, 1.807) is 0 Å². The molecule has 0 fully saturated rings. The number of carbonyl (C=O) groups excluding carboxylic acids is 1. The number of nitrogens with zero attached hydrogens (tertiary/aromatic N) is 1. The average molecular weight is 151 g/mol. The lowest BCUT2D eigenvalue weighted by Gasteiger charge is -1.98. The third kappa shape index (κ3) is 1.40. The largest absolute Gasteiger partial charge is 0.289 e. The highest BCUT2D eigenvalue weighted by molar-refractivity contribution is 6.07. The Morgan fingerprint density at radius 1 is 1.45 bits per heavy atom. The van der Waals surface area contributed by atoms with E-state index in [9.17, 15) is 14.9 Å². The molecule has 0 spiro atoms. The van der Waals surface area contributed by atoms with Gasteiger partial charge >= 0.3 is 0 Å². The van der Waals surface area contributed by atoms with E-state index < -0.39 is 4.92 Å². The third-order valence-electron chi connectivity index (χ3n) is 1.25. The fourth-order valence-electron chi connectivity index (χ4n) is 0.679. The van der Waals surface area contributed by atoms with Crippen LogP contribution >= 0.6 is 0 Å². The highest BCUT2D eigenvalue weighted by Gasteiger charge is 2.14. The molecule has 1 aliphatic carbocycles. The zero-order chi connectivity index (χ0) is 8.43. The lowest BCUT2D eigenvalue weighted by atomic mass is 10.1. The number of ketones is 1. The maximum atomic E-state index is 10.7. The predicted octanol–water partition coefficient (Wildman–Crippen LogP) is 0.842. The number of carbonyl (C=O) groups is 1. The van der Waals surface area contributed by atoms with Gasteiger partial charge in [-0.2, -0.15) is 0 Å². The van der Waals surface area contributed by atoms with Crippen LogP contribution in [0.3, 0.4) is 0 Å². The minimum Gasteiger partial charge on any atom is -0.289 e. The smallest absolute Gasteiger partial charge is 0.270 e. The van der Waals surface area contributed by atoms with Crippen molar-refractivity contribution in [3.05, 3.63) is 46.2 Å². The van der Waals surface area contributed by atoms with Crippen molar-refractivity contribution >= 4 is 5.78 Å². The molecule has 4 nitrogen and oxygen atoms in total. The van der Waals surface area contributed by atoms with E-state index in [1.807, 2.05) is 0 Å². The van der Waals surface area contributed by atoms with Crippen molar-refractivity contribution in [1.29, 1.82) is 0 Å². The van der Waals surface area contributed by atoms with Crippen LogP contribution in [0.5, 0.6) is 0 Å². The first-order valence-electron chi connectivity index (χ1n) is 2.88. The van der Waals surface area contributed by atoms with Crippen LogP contribution in [0.4, 0.5) is 0 Å². The molecule has 11 heavy (non-hydrogen) atoms. The average Bonchev–Trinajstić information content (AvgIpc) is 1.94. The van der Waals surface area contributed by atoms with Gasteiger partial charge in [-0.1, -0.05) is 6.58 Å². The van der Waals surface area contributed by atoms with Gasteiger partial charge in [0.05, 0.1) is 4.92 Å². The first-order valence-corrected chi connectivity index (χ1v) is 2.88.